The number of nitrogens with two attached hydrogens (primary N) is 1. The smallest absolute Gasteiger partial charge is 0.123 e. The van der Waals surface area contributed by atoms with Crippen molar-refractivity contribution in [2.45, 2.75) is 31.7 Å². The first-order chi connectivity index (χ1) is 12.2. The molecule has 0 amide bonds. The van der Waals surface area contributed by atoms with E-state index < -0.39 is 0 Å². The molecule has 2 N–H and O–H groups in total. The third-order valence-corrected chi connectivity index (χ3v) is 5.67. The fraction of sp³-hybridized carbons (Fsp3) is 0.429. The summed E-state index contributed by atoms with van der Waals surface area (Å²) in [6.07, 6.45) is 4.55. The number of anilines is 2. The summed E-state index contributed by atoms with van der Waals surface area (Å²) in [6, 6.07) is 13.9. The number of nitrogen functional groups attached to an aromatic ring is 1. The second-order valence-electron chi connectivity index (χ2n) is 7.28. The van der Waals surface area contributed by atoms with Crippen LogP contribution < -0.4 is 10.6 Å². The first-order valence-corrected chi connectivity index (χ1v) is 9.31. The summed E-state index contributed by atoms with van der Waals surface area (Å²) < 4.78 is 13.0. The van der Waals surface area contributed by atoms with Crippen LogP contribution in [-0.2, 0) is 12.8 Å². The Bertz CT molecular complexity index is 720. The van der Waals surface area contributed by atoms with Crippen molar-refractivity contribution in [1.82, 2.24) is 4.90 Å². The van der Waals surface area contributed by atoms with Crippen LogP contribution in [0, 0.1) is 5.82 Å². The molecule has 0 bridgehead atoms. The van der Waals surface area contributed by atoms with Crippen LogP contribution in [0.5, 0.6) is 0 Å². The van der Waals surface area contributed by atoms with E-state index in [0.717, 1.165) is 44.7 Å². The van der Waals surface area contributed by atoms with E-state index in [1.165, 1.54) is 29.7 Å². The van der Waals surface area contributed by atoms with Gasteiger partial charge in [-0.15, -0.1) is 0 Å². The van der Waals surface area contributed by atoms with E-state index in [2.05, 4.69) is 21.9 Å². The quantitative estimate of drug-likeness (QED) is 0.866. The number of hydrogen-bond donors (Lipinski definition) is 1. The van der Waals surface area contributed by atoms with Crippen LogP contribution in [0.25, 0.3) is 0 Å². The minimum absolute atomic E-state index is 0.156. The lowest BCUT2D eigenvalue weighted by atomic mass is 10.0. The first-order valence-electron chi connectivity index (χ1n) is 9.31. The van der Waals surface area contributed by atoms with Gasteiger partial charge in [-0.2, -0.15) is 0 Å². The summed E-state index contributed by atoms with van der Waals surface area (Å²) in [4.78, 5) is 5.11. The third-order valence-electron chi connectivity index (χ3n) is 5.67. The minimum Gasteiger partial charge on any atom is -0.399 e. The summed E-state index contributed by atoms with van der Waals surface area (Å²) >= 11 is 0. The molecule has 0 radical (unpaired) electrons. The Morgan fingerprint density at radius 3 is 2.52 bits per heavy atom. The van der Waals surface area contributed by atoms with Gasteiger partial charge in [-0.1, -0.05) is 18.2 Å². The molecule has 3 nitrogen and oxygen atoms in total. The highest BCUT2D eigenvalue weighted by molar-refractivity contribution is 5.64. The number of nitrogens with zero attached hydrogens (tertiary/aromatic N) is 2. The summed E-state index contributed by atoms with van der Waals surface area (Å²) in [7, 11) is 0. The molecule has 2 aliphatic rings. The largest absolute Gasteiger partial charge is 0.399 e. The average molecular weight is 339 g/mol. The Morgan fingerprint density at radius 1 is 1.00 bits per heavy atom. The molecule has 0 atom stereocenters. The number of piperidine rings is 1. The zero-order chi connectivity index (χ0) is 17.2. The Balaban J connectivity index is 1.30. The lowest BCUT2D eigenvalue weighted by Gasteiger charge is -2.38. The van der Waals surface area contributed by atoms with Gasteiger partial charge in [0, 0.05) is 43.6 Å². The highest BCUT2D eigenvalue weighted by atomic mass is 19.1. The van der Waals surface area contributed by atoms with Gasteiger partial charge in [0.1, 0.15) is 5.82 Å². The van der Waals surface area contributed by atoms with Crippen LogP contribution in [0.2, 0.25) is 0 Å². The van der Waals surface area contributed by atoms with Gasteiger partial charge >= 0.3 is 0 Å². The fourth-order valence-corrected chi connectivity index (χ4v) is 4.19. The van der Waals surface area contributed by atoms with Crippen molar-refractivity contribution in [1.29, 1.82) is 0 Å². The average Bonchev–Trinajstić information content (AvgIpc) is 3.05. The Kier molecular flexibility index (Phi) is 4.62. The van der Waals surface area contributed by atoms with Crippen molar-refractivity contribution >= 4 is 11.4 Å². The number of hydrogen-bond acceptors (Lipinski definition) is 3. The molecule has 0 spiro atoms. The third kappa shape index (κ3) is 3.64. The summed E-state index contributed by atoms with van der Waals surface area (Å²) in [5.74, 6) is -0.156. The molecule has 4 heteroatoms. The topological polar surface area (TPSA) is 32.5 Å². The van der Waals surface area contributed by atoms with Gasteiger partial charge in [0.2, 0.25) is 0 Å². The van der Waals surface area contributed by atoms with Crippen molar-refractivity contribution in [3.63, 3.8) is 0 Å². The van der Waals surface area contributed by atoms with Gasteiger partial charge in [0.25, 0.3) is 0 Å². The molecule has 2 aliphatic heterocycles. The van der Waals surface area contributed by atoms with Gasteiger partial charge in [-0.3, -0.25) is 0 Å². The number of halogens is 1. The number of likely N-dealkylation sites (tertiary alicyclic amines) is 1. The highest BCUT2D eigenvalue weighted by Crippen LogP contribution is 2.34. The second-order valence-corrected chi connectivity index (χ2v) is 7.28. The van der Waals surface area contributed by atoms with E-state index in [9.17, 15) is 4.39 Å². The lowest BCUT2D eigenvalue weighted by Crippen LogP contribution is -2.45. The van der Waals surface area contributed by atoms with Crippen molar-refractivity contribution in [3.05, 3.63) is 59.4 Å². The molecule has 1 saturated heterocycles. The molecular weight excluding hydrogens is 313 g/mol. The van der Waals surface area contributed by atoms with E-state index >= 15 is 0 Å². The van der Waals surface area contributed by atoms with Crippen molar-refractivity contribution in [3.8, 4) is 0 Å². The zero-order valence-electron chi connectivity index (χ0n) is 14.6. The molecule has 2 aromatic rings. The predicted octanol–water partition coefficient (Wildman–Crippen LogP) is 3.48. The van der Waals surface area contributed by atoms with Crippen LogP contribution in [0.1, 0.15) is 24.0 Å². The van der Waals surface area contributed by atoms with Crippen LogP contribution >= 0.6 is 0 Å². The van der Waals surface area contributed by atoms with Gasteiger partial charge in [0.05, 0.1) is 0 Å². The fourth-order valence-electron chi connectivity index (χ4n) is 4.19. The van der Waals surface area contributed by atoms with Crippen LogP contribution in [0.15, 0.2) is 42.5 Å². The predicted molar refractivity (Wildman–Crippen MR) is 101 cm³/mol. The maximum Gasteiger partial charge on any atom is 0.123 e. The number of rotatable bonds is 4. The van der Waals surface area contributed by atoms with Gasteiger partial charge in [-0.05, 0) is 61.1 Å². The Hall–Kier alpha value is -2.07. The van der Waals surface area contributed by atoms with Crippen LogP contribution in [0.3, 0.4) is 0 Å². The Labute approximate surface area is 149 Å². The highest BCUT2D eigenvalue weighted by Gasteiger charge is 2.29. The molecule has 4 rings (SSSR count). The first kappa shape index (κ1) is 16.4. The maximum absolute atomic E-state index is 13.0. The molecule has 132 valence electrons. The second kappa shape index (κ2) is 7.04. The zero-order valence-corrected chi connectivity index (χ0v) is 14.6. The standard InChI is InChI=1S/C21H26FN3/c22-18-4-1-16(2-5-18)7-11-24-12-9-20(10-13-24)25-14-8-17-3-6-19(23)15-21(17)25/h1-6,15,20H,7-14,23H2. The van der Waals surface area contributed by atoms with E-state index in [-0.39, 0.29) is 5.82 Å². The van der Waals surface area contributed by atoms with Crippen LogP contribution in [-0.4, -0.2) is 37.1 Å². The monoisotopic (exact) mass is 339 g/mol. The number of fused-ring (bicyclic) bond motifs is 1. The van der Waals surface area contributed by atoms with Crippen molar-refractivity contribution in [2.24, 2.45) is 0 Å². The SMILES string of the molecule is Nc1ccc2c(c1)N(C1CCN(CCc3ccc(F)cc3)CC1)CC2. The van der Waals surface area contributed by atoms with E-state index in [1.54, 1.807) is 12.1 Å². The number of benzene rings is 2. The van der Waals surface area contributed by atoms with Gasteiger partial charge < -0.3 is 15.5 Å². The molecule has 25 heavy (non-hydrogen) atoms. The molecule has 2 heterocycles. The minimum atomic E-state index is -0.156. The summed E-state index contributed by atoms with van der Waals surface area (Å²) in [6.45, 7) is 4.46. The molecule has 2 aromatic carbocycles. The van der Waals surface area contributed by atoms with Crippen molar-refractivity contribution in [2.75, 3.05) is 36.8 Å². The maximum atomic E-state index is 13.0. The van der Waals surface area contributed by atoms with E-state index in [0.29, 0.717) is 6.04 Å². The van der Waals surface area contributed by atoms with Crippen molar-refractivity contribution < 1.29 is 4.39 Å². The van der Waals surface area contributed by atoms with Gasteiger partial charge in [-0.25, -0.2) is 4.39 Å². The molecule has 0 aromatic heterocycles. The lowest BCUT2D eigenvalue weighted by molar-refractivity contribution is 0.212. The molecule has 0 saturated carbocycles. The van der Waals surface area contributed by atoms with Crippen LogP contribution in [0.4, 0.5) is 15.8 Å². The Morgan fingerprint density at radius 2 is 1.76 bits per heavy atom. The van der Waals surface area contributed by atoms with E-state index in [1.807, 2.05) is 18.2 Å². The van der Waals surface area contributed by atoms with Gasteiger partial charge in [0.15, 0.2) is 0 Å². The van der Waals surface area contributed by atoms with E-state index in [4.69, 9.17) is 5.73 Å². The summed E-state index contributed by atoms with van der Waals surface area (Å²) in [5, 5.41) is 0. The molecule has 1 fully saturated rings. The normalized spacial score (nSPS) is 18.5. The molecular formula is C21H26FN3. The summed E-state index contributed by atoms with van der Waals surface area (Å²) in [5.41, 5.74) is 10.9. The molecule has 0 aliphatic carbocycles. The molecule has 0 unspecified atom stereocenters.